The third kappa shape index (κ3) is 7.81. The summed E-state index contributed by atoms with van der Waals surface area (Å²) in [7, 11) is 4.45. The molecule has 0 fully saturated rings. The summed E-state index contributed by atoms with van der Waals surface area (Å²) in [6.07, 6.45) is -11.4. The van der Waals surface area contributed by atoms with Gasteiger partial charge in [-0.3, -0.25) is 0 Å². The van der Waals surface area contributed by atoms with E-state index in [9.17, 15) is 26.3 Å². The highest BCUT2D eigenvalue weighted by atomic mass is 32.2. The SMILES string of the molecule is CC(C)c1ccc(C(c2ccc(Oc3ccc(Sc4ccc(OC(C)(C)C)cc4)cc3)c(P)c2)(C(F)(F)F)C(F)(F)F)cc1P. The summed E-state index contributed by atoms with van der Waals surface area (Å²) < 4.78 is 100. The van der Waals surface area contributed by atoms with Gasteiger partial charge >= 0.3 is 12.4 Å². The fourth-order valence-corrected chi connectivity index (χ4v) is 6.72. The monoisotopic (exact) mass is 682 g/mol. The highest BCUT2D eigenvalue weighted by molar-refractivity contribution is 7.99. The topological polar surface area (TPSA) is 18.5 Å². The second-order valence-corrected chi connectivity index (χ2v) is 14.2. The lowest BCUT2D eigenvalue weighted by atomic mass is 9.72. The molecule has 45 heavy (non-hydrogen) atoms. The van der Waals surface area contributed by atoms with Crippen molar-refractivity contribution >= 4 is 40.9 Å². The highest BCUT2D eigenvalue weighted by Crippen LogP contribution is 2.56. The molecule has 0 spiro atoms. The summed E-state index contributed by atoms with van der Waals surface area (Å²) in [5.74, 6) is 1.16. The zero-order valence-corrected chi connectivity index (χ0v) is 28.4. The van der Waals surface area contributed by atoms with Gasteiger partial charge in [-0.15, -0.1) is 18.5 Å². The molecule has 240 valence electrons. The van der Waals surface area contributed by atoms with Crippen LogP contribution in [0.15, 0.2) is 94.7 Å². The number of hydrogen-bond donors (Lipinski definition) is 0. The van der Waals surface area contributed by atoms with E-state index >= 15 is 0 Å². The molecule has 4 aromatic rings. The van der Waals surface area contributed by atoms with E-state index in [4.69, 9.17) is 9.47 Å². The molecule has 0 bridgehead atoms. The molecule has 2 nitrogen and oxygen atoms in total. The van der Waals surface area contributed by atoms with Crippen molar-refractivity contribution in [2.24, 2.45) is 0 Å². The molecule has 0 aliphatic rings. The van der Waals surface area contributed by atoms with Crippen LogP contribution in [-0.4, -0.2) is 18.0 Å². The molecule has 2 unspecified atom stereocenters. The summed E-state index contributed by atoms with van der Waals surface area (Å²) in [6.45, 7) is 9.55. The Bertz CT molecular complexity index is 1610. The molecule has 0 saturated carbocycles. The van der Waals surface area contributed by atoms with E-state index in [1.54, 1.807) is 12.1 Å². The fraction of sp³-hybridized carbons (Fsp3) is 0.294. The maximum Gasteiger partial charge on any atom is 0.411 e. The standard InChI is InChI=1S/C34H34F6O2P2S/c1-20(2)27-16-6-21(18-29(27)43)32(33(35,36)37,34(38,39)40)22-7-17-28(30(44)19-22)41-23-8-12-25(13-9-23)45-26-14-10-24(11-15-26)42-31(3,4)5/h6-20H,43-44H2,1-5H3. The maximum atomic E-state index is 14.7. The van der Waals surface area contributed by atoms with Gasteiger partial charge in [0.25, 0.3) is 0 Å². The van der Waals surface area contributed by atoms with Crippen molar-refractivity contribution in [3.05, 3.63) is 102 Å². The van der Waals surface area contributed by atoms with Gasteiger partial charge in [-0.25, -0.2) is 0 Å². The predicted octanol–water partition coefficient (Wildman–Crippen LogP) is 10.3. The van der Waals surface area contributed by atoms with Crippen LogP contribution in [0.4, 0.5) is 26.3 Å². The minimum Gasteiger partial charge on any atom is -0.488 e. The van der Waals surface area contributed by atoms with Crippen LogP contribution in [0.2, 0.25) is 0 Å². The van der Waals surface area contributed by atoms with Gasteiger partial charge in [0, 0.05) is 15.1 Å². The molecule has 11 heteroatoms. The van der Waals surface area contributed by atoms with Crippen LogP contribution in [-0.2, 0) is 5.41 Å². The van der Waals surface area contributed by atoms with E-state index in [-0.39, 0.29) is 27.9 Å². The first-order chi connectivity index (χ1) is 20.8. The van der Waals surface area contributed by atoms with E-state index in [1.807, 2.05) is 71.0 Å². The average Bonchev–Trinajstić information content (AvgIpc) is 2.90. The second kappa shape index (κ2) is 13.2. The van der Waals surface area contributed by atoms with Gasteiger partial charge in [0.05, 0.1) is 0 Å². The molecule has 0 aliphatic carbocycles. The van der Waals surface area contributed by atoms with Gasteiger partial charge in [0.15, 0.2) is 0 Å². The number of halogens is 6. The molecule has 0 heterocycles. The third-order valence-corrected chi connectivity index (χ3v) is 8.94. The van der Waals surface area contributed by atoms with Gasteiger partial charge in [-0.05, 0) is 115 Å². The molecule has 0 aromatic heterocycles. The number of benzene rings is 4. The Morgan fingerprint density at radius 1 is 0.622 bits per heavy atom. The van der Waals surface area contributed by atoms with Crippen molar-refractivity contribution in [1.29, 1.82) is 0 Å². The van der Waals surface area contributed by atoms with Crippen molar-refractivity contribution in [2.45, 2.75) is 73.7 Å². The van der Waals surface area contributed by atoms with Crippen LogP contribution < -0.4 is 20.1 Å². The van der Waals surface area contributed by atoms with Crippen LogP contribution >= 0.6 is 30.2 Å². The Labute approximate surface area is 268 Å². The van der Waals surface area contributed by atoms with E-state index < -0.39 is 28.9 Å². The molecule has 4 rings (SSSR count). The van der Waals surface area contributed by atoms with Crippen LogP contribution in [0, 0.1) is 0 Å². The largest absolute Gasteiger partial charge is 0.488 e. The first kappa shape index (κ1) is 35.1. The zero-order chi connectivity index (χ0) is 33.4. The average molecular weight is 683 g/mol. The molecule has 0 radical (unpaired) electrons. The molecule has 0 N–H and O–H groups in total. The molecular formula is C34H34F6O2P2S. The predicted molar refractivity (Wildman–Crippen MR) is 176 cm³/mol. The first-order valence-electron chi connectivity index (χ1n) is 14.0. The fourth-order valence-electron chi connectivity index (χ4n) is 4.96. The minimum absolute atomic E-state index is 0.0475. The summed E-state index contributed by atoms with van der Waals surface area (Å²) in [4.78, 5) is 1.89. The quantitative estimate of drug-likeness (QED) is 0.136. The Balaban J connectivity index is 1.60. The summed E-state index contributed by atoms with van der Waals surface area (Å²) in [6, 6.07) is 20.7. The summed E-state index contributed by atoms with van der Waals surface area (Å²) in [5, 5.41) is 0.325. The van der Waals surface area contributed by atoms with Gasteiger partial charge in [0.1, 0.15) is 22.8 Å². The lowest BCUT2D eigenvalue weighted by Crippen LogP contribution is -2.55. The number of hydrogen-bond acceptors (Lipinski definition) is 3. The van der Waals surface area contributed by atoms with Crippen molar-refractivity contribution in [1.82, 2.24) is 0 Å². The van der Waals surface area contributed by atoms with Crippen LogP contribution in [0.1, 0.15) is 57.2 Å². The minimum atomic E-state index is -5.69. The van der Waals surface area contributed by atoms with Crippen LogP contribution in [0.5, 0.6) is 17.2 Å². The van der Waals surface area contributed by atoms with Gasteiger partial charge in [-0.2, -0.15) is 26.3 Å². The lowest BCUT2D eigenvalue weighted by molar-refractivity contribution is -0.288. The number of ether oxygens (including phenoxy) is 2. The van der Waals surface area contributed by atoms with E-state index in [0.717, 1.165) is 45.9 Å². The molecule has 0 aliphatic heterocycles. The zero-order valence-electron chi connectivity index (χ0n) is 25.3. The summed E-state index contributed by atoms with van der Waals surface area (Å²) in [5.41, 5.74) is -5.77. The number of rotatable bonds is 8. The van der Waals surface area contributed by atoms with Gasteiger partial charge < -0.3 is 9.47 Å². The van der Waals surface area contributed by atoms with E-state index in [0.29, 0.717) is 11.3 Å². The molecule has 0 amide bonds. The smallest absolute Gasteiger partial charge is 0.411 e. The Morgan fingerprint density at radius 2 is 1.09 bits per heavy atom. The molecule has 0 saturated heterocycles. The van der Waals surface area contributed by atoms with Crippen molar-refractivity contribution in [2.75, 3.05) is 0 Å². The second-order valence-electron chi connectivity index (χ2n) is 11.9. The molecule has 2 atom stereocenters. The van der Waals surface area contributed by atoms with Crippen molar-refractivity contribution < 1.29 is 35.8 Å². The first-order valence-corrected chi connectivity index (χ1v) is 16.0. The van der Waals surface area contributed by atoms with E-state index in [2.05, 4.69) is 18.5 Å². The van der Waals surface area contributed by atoms with E-state index in [1.165, 1.54) is 17.8 Å². The van der Waals surface area contributed by atoms with Crippen molar-refractivity contribution in [3.63, 3.8) is 0 Å². The van der Waals surface area contributed by atoms with Crippen LogP contribution in [0.3, 0.4) is 0 Å². The summed E-state index contributed by atoms with van der Waals surface area (Å²) >= 11 is 1.51. The maximum absolute atomic E-state index is 14.7. The Kier molecular flexibility index (Phi) is 10.3. The van der Waals surface area contributed by atoms with Gasteiger partial charge in [0.2, 0.25) is 5.41 Å². The Hall–Kier alpha value is -2.73. The molecule has 4 aromatic carbocycles. The van der Waals surface area contributed by atoms with Gasteiger partial charge in [-0.1, -0.05) is 43.8 Å². The Morgan fingerprint density at radius 3 is 1.51 bits per heavy atom. The lowest BCUT2D eigenvalue weighted by Gasteiger charge is -2.39. The normalized spacial score (nSPS) is 12.8. The third-order valence-electron chi connectivity index (χ3n) is 6.97. The number of alkyl halides is 6. The molecular weight excluding hydrogens is 648 g/mol. The van der Waals surface area contributed by atoms with Crippen LogP contribution in [0.25, 0.3) is 0 Å². The van der Waals surface area contributed by atoms with Crippen molar-refractivity contribution in [3.8, 4) is 17.2 Å². The highest BCUT2D eigenvalue weighted by Gasteiger charge is 2.72.